The number of ether oxygens (including phenoxy) is 4. The van der Waals surface area contributed by atoms with Crippen LogP contribution in [0.1, 0.15) is 24.0 Å². The van der Waals surface area contributed by atoms with E-state index < -0.39 is 28.0 Å². The lowest BCUT2D eigenvalue weighted by atomic mass is 10.1. The number of aliphatic hydroxyl groups is 1. The minimum Gasteiger partial charge on any atom is -0.491 e. The number of amides is 1. The van der Waals surface area contributed by atoms with Crippen molar-refractivity contribution in [3.8, 4) is 17.4 Å². The smallest absolute Gasteiger partial charge is 0.421 e. The Kier molecular flexibility index (Phi) is 12.3. The summed E-state index contributed by atoms with van der Waals surface area (Å²) in [6.07, 6.45) is -4.56. The van der Waals surface area contributed by atoms with E-state index in [1.807, 2.05) is 0 Å². The lowest BCUT2D eigenvalue weighted by molar-refractivity contribution is -0.137. The second-order valence-corrected chi connectivity index (χ2v) is 9.44. The largest absolute Gasteiger partial charge is 0.491 e. The van der Waals surface area contributed by atoms with E-state index in [2.05, 4.69) is 9.71 Å². The first-order valence-electron chi connectivity index (χ1n) is 11.2. The average molecular weight is 586 g/mol. The van der Waals surface area contributed by atoms with Gasteiger partial charge in [-0.2, -0.15) is 26.3 Å². The number of hydrogen-bond donors (Lipinski definition) is 3. The number of aliphatic hydroxyl groups excluding tert-OH is 1. The predicted molar refractivity (Wildman–Crippen MR) is 130 cm³/mol. The number of aryl methyl sites for hydroxylation is 1. The van der Waals surface area contributed by atoms with Gasteiger partial charge in [-0.25, -0.2) is 14.5 Å². The van der Waals surface area contributed by atoms with Crippen molar-refractivity contribution in [1.29, 1.82) is 0 Å². The lowest BCUT2D eigenvalue weighted by Gasteiger charge is -2.15. The summed E-state index contributed by atoms with van der Waals surface area (Å²) in [6, 6.07) is 5.48. The number of halogens is 4. The predicted octanol–water partition coefficient (Wildman–Crippen LogP) is 3.45. The maximum atomic E-state index is 12.9. The zero-order valence-electron chi connectivity index (χ0n) is 20.2. The van der Waals surface area contributed by atoms with E-state index in [0.717, 1.165) is 0 Å². The number of nitrogens with one attached hydrogen (secondary N) is 2. The Hall–Kier alpha value is -2.85. The molecule has 3 N–H and O–H groups in total. The van der Waals surface area contributed by atoms with Crippen LogP contribution >= 0.6 is 11.6 Å². The van der Waals surface area contributed by atoms with Gasteiger partial charge in [0.2, 0.25) is 5.88 Å². The second kappa shape index (κ2) is 14.9. The Balaban J connectivity index is 2.06. The third kappa shape index (κ3) is 10.9. The molecule has 11 nitrogen and oxygen atoms in total. The molecule has 0 unspecified atom stereocenters. The van der Waals surface area contributed by atoms with E-state index in [1.54, 1.807) is 16.9 Å². The standard InChI is InChI=1S/C22H27ClF3N3O8S/c1-34-10-11-35-17-6-5-15(4-2-9-36-21(31)29-38(32,33)28-7-3-8-30)19(13-17)37-20-18(23)12-16(14-27-20)22(24,25)26/h5-6,12-14,28,30H,2-4,7-11H2,1H3,(H,29,31). The van der Waals surface area contributed by atoms with Gasteiger partial charge in [0.15, 0.2) is 0 Å². The van der Waals surface area contributed by atoms with E-state index in [1.165, 1.54) is 13.2 Å². The van der Waals surface area contributed by atoms with Gasteiger partial charge in [-0.05, 0) is 37.0 Å². The number of methoxy groups -OCH3 is 1. The molecule has 2 aromatic rings. The van der Waals surface area contributed by atoms with Crippen LogP contribution in [0.5, 0.6) is 17.4 Å². The fraction of sp³-hybridized carbons (Fsp3) is 0.455. The number of alkyl halides is 3. The first kappa shape index (κ1) is 31.4. The summed E-state index contributed by atoms with van der Waals surface area (Å²) in [5, 5.41) is 8.33. The summed E-state index contributed by atoms with van der Waals surface area (Å²) >= 11 is 5.97. The van der Waals surface area contributed by atoms with Crippen molar-refractivity contribution < 1.29 is 50.4 Å². The van der Waals surface area contributed by atoms with Crippen LogP contribution in [-0.2, 0) is 32.3 Å². The van der Waals surface area contributed by atoms with Crippen molar-refractivity contribution in [2.24, 2.45) is 0 Å². The highest BCUT2D eigenvalue weighted by molar-refractivity contribution is 7.88. The molecule has 0 saturated heterocycles. The highest BCUT2D eigenvalue weighted by Crippen LogP contribution is 2.36. The SMILES string of the molecule is COCCOc1ccc(CCCOC(=O)NS(=O)(=O)NCCCO)c(Oc2ncc(C(F)(F)F)cc2Cl)c1. The van der Waals surface area contributed by atoms with Gasteiger partial charge in [0.25, 0.3) is 0 Å². The minimum atomic E-state index is -4.63. The molecule has 0 aliphatic heterocycles. The maximum absolute atomic E-state index is 12.9. The number of nitrogens with zero attached hydrogens (tertiary/aromatic N) is 1. The van der Waals surface area contributed by atoms with Gasteiger partial charge in [-0.15, -0.1) is 0 Å². The quantitative estimate of drug-likeness (QED) is 0.268. The molecule has 1 heterocycles. The monoisotopic (exact) mass is 585 g/mol. The van der Waals surface area contributed by atoms with Crippen LogP contribution in [0.25, 0.3) is 0 Å². The van der Waals surface area contributed by atoms with Crippen LogP contribution in [0.15, 0.2) is 30.5 Å². The van der Waals surface area contributed by atoms with E-state index in [-0.39, 0.29) is 62.3 Å². The molecule has 0 aliphatic rings. The highest BCUT2D eigenvalue weighted by atomic mass is 35.5. The zero-order chi connectivity index (χ0) is 28.2. The Bertz CT molecular complexity index is 1170. The van der Waals surface area contributed by atoms with E-state index in [0.29, 0.717) is 30.2 Å². The summed E-state index contributed by atoms with van der Waals surface area (Å²) in [6.45, 7) is 0.0966. The molecule has 0 bridgehead atoms. The van der Waals surface area contributed by atoms with Gasteiger partial charge in [0, 0.05) is 32.5 Å². The van der Waals surface area contributed by atoms with Crippen molar-refractivity contribution in [1.82, 2.24) is 14.4 Å². The average Bonchev–Trinajstić information content (AvgIpc) is 2.83. The molecule has 0 aliphatic carbocycles. The van der Waals surface area contributed by atoms with Crippen LogP contribution in [0.2, 0.25) is 5.02 Å². The van der Waals surface area contributed by atoms with Gasteiger partial charge in [-0.1, -0.05) is 17.7 Å². The summed E-state index contributed by atoms with van der Waals surface area (Å²) < 4.78 is 87.0. The normalized spacial score (nSPS) is 11.7. The van der Waals surface area contributed by atoms with Crippen LogP contribution in [-0.4, -0.2) is 64.7 Å². The van der Waals surface area contributed by atoms with Gasteiger partial charge in [-0.3, -0.25) is 0 Å². The summed E-state index contributed by atoms with van der Waals surface area (Å²) in [7, 11) is -2.63. The Morgan fingerprint density at radius 2 is 1.92 bits per heavy atom. The van der Waals surface area contributed by atoms with Gasteiger partial charge < -0.3 is 24.1 Å². The van der Waals surface area contributed by atoms with Crippen molar-refractivity contribution in [2.45, 2.75) is 25.4 Å². The number of hydrogen-bond acceptors (Lipinski definition) is 9. The Morgan fingerprint density at radius 3 is 2.58 bits per heavy atom. The molecule has 2 rings (SSSR count). The van der Waals surface area contributed by atoms with Crippen molar-refractivity contribution in [2.75, 3.05) is 40.1 Å². The number of rotatable bonds is 15. The van der Waals surface area contributed by atoms with Crippen LogP contribution < -0.4 is 18.9 Å². The van der Waals surface area contributed by atoms with Crippen molar-refractivity contribution in [3.05, 3.63) is 46.6 Å². The van der Waals surface area contributed by atoms with Gasteiger partial charge in [0.1, 0.15) is 23.1 Å². The molecule has 0 atom stereocenters. The molecule has 38 heavy (non-hydrogen) atoms. The summed E-state index contributed by atoms with van der Waals surface area (Å²) in [5.74, 6) is 0.317. The molecule has 1 aromatic carbocycles. The number of aromatic nitrogens is 1. The summed E-state index contributed by atoms with van der Waals surface area (Å²) in [4.78, 5) is 15.4. The lowest BCUT2D eigenvalue weighted by Crippen LogP contribution is -2.41. The third-order valence-electron chi connectivity index (χ3n) is 4.60. The molecule has 0 radical (unpaired) electrons. The molecular formula is C22H27ClF3N3O8S. The molecule has 0 fully saturated rings. The van der Waals surface area contributed by atoms with Crippen molar-refractivity contribution >= 4 is 27.9 Å². The van der Waals surface area contributed by atoms with Crippen LogP contribution in [0, 0.1) is 0 Å². The van der Waals surface area contributed by atoms with Crippen LogP contribution in [0.3, 0.4) is 0 Å². The first-order chi connectivity index (χ1) is 17.9. The topological polar surface area (TPSA) is 145 Å². The molecule has 212 valence electrons. The number of carbonyl (C=O) groups excluding carboxylic acids is 1. The summed E-state index contributed by atoms with van der Waals surface area (Å²) in [5.41, 5.74) is -0.475. The first-order valence-corrected chi connectivity index (χ1v) is 13.0. The molecule has 16 heteroatoms. The molecule has 1 aromatic heterocycles. The number of benzene rings is 1. The number of carbonyl (C=O) groups is 1. The maximum Gasteiger partial charge on any atom is 0.421 e. The second-order valence-electron chi connectivity index (χ2n) is 7.54. The minimum absolute atomic E-state index is 0.0646. The van der Waals surface area contributed by atoms with E-state index in [9.17, 15) is 26.4 Å². The molecule has 0 spiro atoms. The molecule has 1 amide bonds. The van der Waals surface area contributed by atoms with E-state index in [4.69, 9.17) is 35.7 Å². The highest BCUT2D eigenvalue weighted by Gasteiger charge is 2.32. The Labute approximate surface area is 222 Å². The Morgan fingerprint density at radius 1 is 1.16 bits per heavy atom. The fourth-order valence-electron chi connectivity index (χ4n) is 2.82. The fourth-order valence-corrected chi connectivity index (χ4v) is 3.79. The number of pyridine rings is 1. The molecular weight excluding hydrogens is 559 g/mol. The van der Waals surface area contributed by atoms with Gasteiger partial charge >= 0.3 is 22.5 Å². The molecule has 0 saturated carbocycles. The zero-order valence-corrected chi connectivity index (χ0v) is 21.8. The van der Waals surface area contributed by atoms with Crippen LogP contribution in [0.4, 0.5) is 18.0 Å². The van der Waals surface area contributed by atoms with E-state index >= 15 is 0 Å². The third-order valence-corrected chi connectivity index (χ3v) is 5.89. The van der Waals surface area contributed by atoms with Crippen molar-refractivity contribution in [3.63, 3.8) is 0 Å². The van der Waals surface area contributed by atoms with Gasteiger partial charge in [0.05, 0.1) is 18.8 Å².